The molecule has 9 heteroatoms. The Kier molecular flexibility index (Phi) is 5.39. The van der Waals surface area contributed by atoms with Crippen LogP contribution in [0.5, 0.6) is 11.5 Å². The van der Waals surface area contributed by atoms with Crippen LogP contribution in [0.4, 0.5) is 4.39 Å². The van der Waals surface area contributed by atoms with E-state index in [1.54, 1.807) is 36.7 Å². The van der Waals surface area contributed by atoms with Crippen molar-refractivity contribution < 1.29 is 18.7 Å². The summed E-state index contributed by atoms with van der Waals surface area (Å²) in [7, 11) is 1.75. The summed E-state index contributed by atoms with van der Waals surface area (Å²) in [6.45, 7) is 2.38. The van der Waals surface area contributed by atoms with Crippen LogP contribution in [0.15, 0.2) is 47.6 Å². The summed E-state index contributed by atoms with van der Waals surface area (Å²) < 4.78 is 26.3. The van der Waals surface area contributed by atoms with Gasteiger partial charge in [0.2, 0.25) is 12.7 Å². The van der Waals surface area contributed by atoms with Gasteiger partial charge in [0.1, 0.15) is 5.82 Å². The lowest BCUT2D eigenvalue weighted by atomic mass is 10.2. The van der Waals surface area contributed by atoms with Gasteiger partial charge in [0, 0.05) is 13.6 Å². The molecule has 2 heterocycles. The van der Waals surface area contributed by atoms with Gasteiger partial charge >= 0.3 is 0 Å². The van der Waals surface area contributed by atoms with Crippen LogP contribution in [0.2, 0.25) is 0 Å². The monoisotopic (exact) mass is 414 g/mol. The predicted octanol–water partition coefficient (Wildman–Crippen LogP) is 3.15. The quantitative estimate of drug-likeness (QED) is 0.625. The van der Waals surface area contributed by atoms with Gasteiger partial charge in [0.05, 0.1) is 10.8 Å². The van der Waals surface area contributed by atoms with Gasteiger partial charge in [-0.3, -0.25) is 4.79 Å². The SMILES string of the molecule is C[C@H](Sc1nnc(-c2ccccc2F)n1C)C(=O)NCc1ccc2c(c1)OCO2. The van der Waals surface area contributed by atoms with E-state index in [1.807, 2.05) is 18.2 Å². The molecule has 0 spiro atoms. The molecule has 150 valence electrons. The first-order valence-corrected chi connectivity index (χ1v) is 9.88. The van der Waals surface area contributed by atoms with Gasteiger partial charge in [-0.25, -0.2) is 4.39 Å². The summed E-state index contributed by atoms with van der Waals surface area (Å²) in [5, 5.41) is 11.2. The fraction of sp³-hybridized carbons (Fsp3) is 0.250. The fourth-order valence-corrected chi connectivity index (χ4v) is 3.73. The third-order valence-electron chi connectivity index (χ3n) is 4.50. The zero-order valence-corrected chi connectivity index (χ0v) is 16.7. The van der Waals surface area contributed by atoms with Crippen LogP contribution in [0.3, 0.4) is 0 Å². The average Bonchev–Trinajstić information content (AvgIpc) is 3.33. The number of carbonyl (C=O) groups is 1. The zero-order valence-electron chi connectivity index (χ0n) is 15.9. The van der Waals surface area contributed by atoms with E-state index < -0.39 is 5.25 Å². The molecule has 0 aliphatic carbocycles. The van der Waals surface area contributed by atoms with Crippen molar-refractivity contribution >= 4 is 17.7 Å². The Balaban J connectivity index is 1.38. The van der Waals surface area contributed by atoms with Gasteiger partial charge in [-0.05, 0) is 36.8 Å². The van der Waals surface area contributed by atoms with Gasteiger partial charge in [0.25, 0.3) is 0 Å². The summed E-state index contributed by atoms with van der Waals surface area (Å²) in [5.74, 6) is 1.30. The van der Waals surface area contributed by atoms with E-state index in [0.29, 0.717) is 34.6 Å². The lowest BCUT2D eigenvalue weighted by molar-refractivity contribution is -0.120. The second-order valence-corrected chi connectivity index (χ2v) is 7.82. The largest absolute Gasteiger partial charge is 0.454 e. The second-order valence-electron chi connectivity index (χ2n) is 6.51. The maximum Gasteiger partial charge on any atom is 0.233 e. The lowest BCUT2D eigenvalue weighted by Crippen LogP contribution is -2.30. The highest BCUT2D eigenvalue weighted by Gasteiger charge is 2.20. The number of rotatable bonds is 6. The normalized spacial score (nSPS) is 13.3. The number of fused-ring (bicyclic) bond motifs is 1. The Morgan fingerprint density at radius 2 is 2.03 bits per heavy atom. The van der Waals surface area contributed by atoms with Gasteiger partial charge in [-0.1, -0.05) is 30.0 Å². The molecule has 0 unspecified atom stereocenters. The highest BCUT2D eigenvalue weighted by Crippen LogP contribution is 2.32. The van der Waals surface area contributed by atoms with E-state index in [0.717, 1.165) is 5.56 Å². The molecular formula is C20H19FN4O3S. The van der Waals surface area contributed by atoms with Crippen molar-refractivity contribution in [2.75, 3.05) is 6.79 Å². The molecule has 0 saturated carbocycles. The summed E-state index contributed by atoms with van der Waals surface area (Å²) in [5.41, 5.74) is 1.29. The number of ether oxygens (including phenoxy) is 2. The summed E-state index contributed by atoms with van der Waals surface area (Å²) in [6, 6.07) is 12.0. The second kappa shape index (κ2) is 8.12. The first-order chi connectivity index (χ1) is 14.0. The standard InChI is InChI=1S/C20H19FN4O3S/c1-12(19(26)22-10-13-7-8-16-17(9-13)28-11-27-16)29-20-24-23-18(25(20)2)14-5-3-4-6-15(14)21/h3-9,12H,10-11H2,1-2H3,(H,22,26)/t12-/m0/s1. The fourth-order valence-electron chi connectivity index (χ4n) is 2.89. The molecule has 1 aromatic heterocycles. The van der Waals surface area contributed by atoms with Crippen molar-refractivity contribution in [3.63, 3.8) is 0 Å². The smallest absolute Gasteiger partial charge is 0.233 e. The minimum Gasteiger partial charge on any atom is -0.454 e. The summed E-state index contributed by atoms with van der Waals surface area (Å²) >= 11 is 1.27. The van der Waals surface area contributed by atoms with Gasteiger partial charge in [-0.2, -0.15) is 0 Å². The highest BCUT2D eigenvalue weighted by atomic mass is 32.2. The van der Waals surface area contributed by atoms with Crippen LogP contribution >= 0.6 is 11.8 Å². The van der Waals surface area contributed by atoms with Crippen LogP contribution in [0, 0.1) is 5.82 Å². The minimum atomic E-state index is -0.402. The van der Waals surface area contributed by atoms with Crippen molar-refractivity contribution in [2.24, 2.45) is 7.05 Å². The van der Waals surface area contributed by atoms with E-state index in [4.69, 9.17) is 9.47 Å². The van der Waals surface area contributed by atoms with Crippen LogP contribution in [-0.2, 0) is 18.4 Å². The van der Waals surface area contributed by atoms with Crippen LogP contribution in [0.25, 0.3) is 11.4 Å². The number of hydrogen-bond donors (Lipinski definition) is 1. The number of benzene rings is 2. The van der Waals surface area contributed by atoms with Gasteiger partial charge in [-0.15, -0.1) is 10.2 Å². The van der Waals surface area contributed by atoms with Gasteiger partial charge in [0.15, 0.2) is 22.5 Å². The first-order valence-electron chi connectivity index (χ1n) is 9.00. The molecule has 0 bridgehead atoms. The molecule has 1 aliphatic rings. The molecule has 0 radical (unpaired) electrons. The molecule has 29 heavy (non-hydrogen) atoms. The lowest BCUT2D eigenvalue weighted by Gasteiger charge is -2.12. The molecule has 4 rings (SSSR count). The number of halogens is 1. The number of nitrogens with one attached hydrogen (secondary N) is 1. The van der Waals surface area contributed by atoms with Gasteiger partial charge < -0.3 is 19.4 Å². The van der Waals surface area contributed by atoms with Crippen molar-refractivity contribution in [3.05, 3.63) is 53.8 Å². The molecule has 3 aromatic rings. The highest BCUT2D eigenvalue weighted by molar-refractivity contribution is 8.00. The van der Waals surface area contributed by atoms with Crippen LogP contribution in [0.1, 0.15) is 12.5 Å². The summed E-state index contributed by atoms with van der Waals surface area (Å²) in [6.07, 6.45) is 0. The Bertz CT molecular complexity index is 1060. The molecule has 1 amide bonds. The molecule has 2 aromatic carbocycles. The molecular weight excluding hydrogens is 395 g/mol. The number of hydrogen-bond acceptors (Lipinski definition) is 6. The molecule has 0 saturated heterocycles. The Morgan fingerprint density at radius 1 is 1.24 bits per heavy atom. The van der Waals surface area contributed by atoms with E-state index in [-0.39, 0.29) is 18.5 Å². The van der Waals surface area contributed by atoms with Crippen molar-refractivity contribution in [3.8, 4) is 22.9 Å². The predicted molar refractivity (Wildman–Crippen MR) is 106 cm³/mol. The van der Waals surface area contributed by atoms with Crippen molar-refractivity contribution in [2.45, 2.75) is 23.9 Å². The molecule has 7 nitrogen and oxygen atoms in total. The maximum atomic E-state index is 14.0. The van der Waals surface area contributed by atoms with E-state index in [1.165, 1.54) is 17.8 Å². The molecule has 1 N–H and O–H groups in total. The third-order valence-corrected chi connectivity index (χ3v) is 5.64. The molecule has 1 atom stereocenters. The Hall–Kier alpha value is -3.07. The van der Waals surface area contributed by atoms with Crippen LogP contribution in [-0.4, -0.2) is 32.7 Å². The van der Waals surface area contributed by atoms with Crippen molar-refractivity contribution in [1.82, 2.24) is 20.1 Å². The van der Waals surface area contributed by atoms with E-state index >= 15 is 0 Å². The first kappa shape index (κ1) is 19.3. The number of aromatic nitrogens is 3. The number of carbonyl (C=O) groups excluding carboxylic acids is 1. The zero-order chi connectivity index (χ0) is 20.4. The Labute approximate surface area is 171 Å². The third kappa shape index (κ3) is 4.04. The number of thioether (sulfide) groups is 1. The molecule has 1 aliphatic heterocycles. The van der Waals surface area contributed by atoms with Crippen molar-refractivity contribution in [1.29, 1.82) is 0 Å². The maximum absolute atomic E-state index is 14.0. The topological polar surface area (TPSA) is 78.3 Å². The number of amides is 1. The minimum absolute atomic E-state index is 0.136. The Morgan fingerprint density at radius 3 is 2.86 bits per heavy atom. The van der Waals surface area contributed by atoms with Crippen LogP contribution < -0.4 is 14.8 Å². The van der Waals surface area contributed by atoms with E-state index in [9.17, 15) is 9.18 Å². The number of nitrogens with zero attached hydrogens (tertiary/aromatic N) is 3. The average molecular weight is 414 g/mol. The molecule has 0 fully saturated rings. The summed E-state index contributed by atoms with van der Waals surface area (Å²) in [4.78, 5) is 12.5. The van der Waals surface area contributed by atoms with E-state index in [2.05, 4.69) is 15.5 Å².